The van der Waals surface area contributed by atoms with Gasteiger partial charge in [0.15, 0.2) is 11.6 Å². The van der Waals surface area contributed by atoms with Crippen LogP contribution in [0.3, 0.4) is 0 Å². The molecule has 0 atom stereocenters. The summed E-state index contributed by atoms with van der Waals surface area (Å²) in [5, 5.41) is 0. The van der Waals surface area contributed by atoms with Crippen LogP contribution in [0.2, 0.25) is 0 Å². The molecule has 0 unspecified atom stereocenters. The van der Waals surface area contributed by atoms with Crippen LogP contribution in [0.1, 0.15) is 22.3 Å². The van der Waals surface area contributed by atoms with Crippen molar-refractivity contribution in [1.29, 1.82) is 0 Å². The number of nitrogens with zero attached hydrogens (tertiary/aromatic N) is 2. The van der Waals surface area contributed by atoms with Gasteiger partial charge in [0.2, 0.25) is 5.91 Å². The molecule has 3 rings (SSSR count). The minimum Gasteiger partial charge on any atom is -0.494 e. The van der Waals surface area contributed by atoms with Crippen LogP contribution >= 0.6 is 0 Å². The Morgan fingerprint density at radius 3 is 2.21 bits per heavy atom. The molecule has 0 saturated carbocycles. The average molecular weight is 388 g/mol. The lowest BCUT2D eigenvalue weighted by Gasteiger charge is -2.35. The highest BCUT2D eigenvalue weighted by atomic mass is 19.1. The highest BCUT2D eigenvalue weighted by Gasteiger charge is 2.24. The van der Waals surface area contributed by atoms with Crippen molar-refractivity contribution in [2.45, 2.75) is 12.8 Å². The van der Waals surface area contributed by atoms with E-state index in [-0.39, 0.29) is 29.8 Å². The molecule has 1 saturated heterocycles. The molecule has 0 radical (unpaired) electrons. The normalized spacial score (nSPS) is 14.1. The van der Waals surface area contributed by atoms with E-state index in [0.29, 0.717) is 38.2 Å². The number of carbonyl (C=O) groups is 2. The fourth-order valence-electron chi connectivity index (χ4n) is 3.21. The van der Waals surface area contributed by atoms with Gasteiger partial charge in [-0.2, -0.15) is 0 Å². The van der Waals surface area contributed by atoms with Crippen molar-refractivity contribution in [2.75, 3.05) is 33.3 Å². The van der Waals surface area contributed by atoms with E-state index in [2.05, 4.69) is 0 Å². The SMILES string of the molecule is COc1ccc(CCC(=O)N2CCN(C(=O)c3ccc(F)cc3)CC2)cc1F. The molecule has 2 aromatic rings. The second kappa shape index (κ2) is 8.82. The lowest BCUT2D eigenvalue weighted by Crippen LogP contribution is -2.50. The molecule has 2 aromatic carbocycles. The van der Waals surface area contributed by atoms with E-state index in [1.54, 1.807) is 21.9 Å². The third kappa shape index (κ3) is 4.65. The topological polar surface area (TPSA) is 49.9 Å². The maximum absolute atomic E-state index is 13.7. The largest absolute Gasteiger partial charge is 0.494 e. The minimum atomic E-state index is -0.444. The monoisotopic (exact) mass is 388 g/mol. The van der Waals surface area contributed by atoms with Gasteiger partial charge < -0.3 is 14.5 Å². The third-order valence-electron chi connectivity index (χ3n) is 4.85. The maximum atomic E-state index is 13.7. The Morgan fingerprint density at radius 2 is 1.61 bits per heavy atom. The Labute approximate surface area is 162 Å². The molecule has 1 heterocycles. The Morgan fingerprint density at radius 1 is 0.964 bits per heavy atom. The zero-order valence-corrected chi connectivity index (χ0v) is 15.7. The highest BCUT2D eigenvalue weighted by molar-refractivity contribution is 5.94. The van der Waals surface area contributed by atoms with Gasteiger partial charge in [-0.3, -0.25) is 9.59 Å². The summed E-state index contributed by atoms with van der Waals surface area (Å²) < 4.78 is 31.6. The molecule has 0 N–H and O–H groups in total. The molecule has 1 aliphatic heterocycles. The molecule has 2 amide bonds. The average Bonchev–Trinajstić information content (AvgIpc) is 2.72. The number of methoxy groups -OCH3 is 1. The second-order valence-electron chi connectivity index (χ2n) is 6.65. The van der Waals surface area contributed by atoms with E-state index in [4.69, 9.17) is 4.74 Å². The number of carbonyl (C=O) groups excluding carboxylic acids is 2. The molecule has 1 fully saturated rings. The van der Waals surface area contributed by atoms with Gasteiger partial charge in [-0.1, -0.05) is 6.07 Å². The number of hydrogen-bond acceptors (Lipinski definition) is 3. The van der Waals surface area contributed by atoms with Crippen molar-refractivity contribution in [3.05, 3.63) is 65.2 Å². The van der Waals surface area contributed by atoms with Crippen LogP contribution in [-0.4, -0.2) is 54.9 Å². The molecule has 1 aliphatic rings. The summed E-state index contributed by atoms with van der Waals surface area (Å²) in [6.45, 7) is 1.75. The summed E-state index contributed by atoms with van der Waals surface area (Å²) >= 11 is 0. The number of benzene rings is 2. The molecule has 28 heavy (non-hydrogen) atoms. The van der Waals surface area contributed by atoms with Crippen LogP contribution < -0.4 is 4.74 Å². The van der Waals surface area contributed by atoms with Crippen LogP contribution in [0.5, 0.6) is 5.75 Å². The van der Waals surface area contributed by atoms with E-state index >= 15 is 0 Å². The molecule has 0 spiro atoms. The molecule has 0 aromatic heterocycles. The van der Waals surface area contributed by atoms with Crippen molar-refractivity contribution < 1.29 is 23.1 Å². The van der Waals surface area contributed by atoms with Gasteiger partial charge in [0.25, 0.3) is 5.91 Å². The van der Waals surface area contributed by atoms with Gasteiger partial charge in [-0.05, 0) is 48.4 Å². The van der Waals surface area contributed by atoms with Crippen LogP contribution in [0, 0.1) is 11.6 Å². The molecule has 148 valence electrons. The van der Waals surface area contributed by atoms with E-state index in [9.17, 15) is 18.4 Å². The first-order chi connectivity index (χ1) is 13.5. The smallest absolute Gasteiger partial charge is 0.253 e. The van der Waals surface area contributed by atoms with Gasteiger partial charge in [0.05, 0.1) is 7.11 Å². The standard InChI is InChI=1S/C21H22F2N2O3/c1-28-19-8-2-15(14-18(19)23)3-9-20(26)24-10-12-25(13-11-24)21(27)16-4-6-17(22)7-5-16/h2,4-8,14H,3,9-13H2,1H3. The number of aryl methyl sites for hydroxylation is 1. The van der Waals surface area contributed by atoms with E-state index < -0.39 is 5.82 Å². The summed E-state index contributed by atoms with van der Waals surface area (Å²) in [4.78, 5) is 28.2. The van der Waals surface area contributed by atoms with E-state index in [1.165, 1.54) is 37.4 Å². The highest BCUT2D eigenvalue weighted by Crippen LogP contribution is 2.19. The summed E-state index contributed by atoms with van der Waals surface area (Å²) in [6.07, 6.45) is 0.714. The molecular weight excluding hydrogens is 366 g/mol. The predicted molar refractivity (Wildman–Crippen MR) is 100 cm³/mol. The Kier molecular flexibility index (Phi) is 6.23. The van der Waals surface area contributed by atoms with Gasteiger partial charge in [-0.25, -0.2) is 8.78 Å². The van der Waals surface area contributed by atoms with Gasteiger partial charge in [0.1, 0.15) is 5.82 Å². The molecule has 0 aliphatic carbocycles. The maximum Gasteiger partial charge on any atom is 0.253 e. The van der Waals surface area contributed by atoms with Crippen LogP contribution in [0.15, 0.2) is 42.5 Å². The van der Waals surface area contributed by atoms with Crippen molar-refractivity contribution in [2.24, 2.45) is 0 Å². The van der Waals surface area contributed by atoms with Crippen LogP contribution in [-0.2, 0) is 11.2 Å². The lowest BCUT2D eigenvalue weighted by molar-refractivity contribution is -0.132. The molecular formula is C21H22F2N2O3. The zero-order chi connectivity index (χ0) is 20.1. The summed E-state index contributed by atoms with van der Waals surface area (Å²) in [5.41, 5.74) is 1.17. The number of halogens is 2. The summed E-state index contributed by atoms with van der Waals surface area (Å²) in [5.74, 6) is -0.841. The van der Waals surface area contributed by atoms with Crippen molar-refractivity contribution in [1.82, 2.24) is 9.80 Å². The Bertz CT molecular complexity index is 847. The van der Waals surface area contributed by atoms with E-state index in [0.717, 1.165) is 5.56 Å². The van der Waals surface area contributed by atoms with Crippen molar-refractivity contribution in [3.63, 3.8) is 0 Å². The fourth-order valence-corrected chi connectivity index (χ4v) is 3.21. The number of rotatable bonds is 5. The van der Waals surface area contributed by atoms with Crippen LogP contribution in [0.4, 0.5) is 8.78 Å². The first-order valence-electron chi connectivity index (χ1n) is 9.13. The van der Waals surface area contributed by atoms with Gasteiger partial charge >= 0.3 is 0 Å². The first-order valence-corrected chi connectivity index (χ1v) is 9.13. The molecule has 7 heteroatoms. The minimum absolute atomic E-state index is 0.0230. The first kappa shape index (κ1) is 19.8. The third-order valence-corrected chi connectivity index (χ3v) is 4.85. The molecule has 5 nitrogen and oxygen atoms in total. The second-order valence-corrected chi connectivity index (χ2v) is 6.65. The predicted octanol–water partition coefficient (Wildman–Crippen LogP) is 2.89. The van der Waals surface area contributed by atoms with E-state index in [1.807, 2.05) is 0 Å². The number of piperazine rings is 1. The van der Waals surface area contributed by atoms with Crippen LogP contribution in [0.25, 0.3) is 0 Å². The van der Waals surface area contributed by atoms with Crippen molar-refractivity contribution in [3.8, 4) is 5.75 Å². The molecule has 0 bridgehead atoms. The summed E-state index contributed by atoms with van der Waals surface area (Å²) in [7, 11) is 1.40. The van der Waals surface area contributed by atoms with Gasteiger partial charge in [-0.15, -0.1) is 0 Å². The fraction of sp³-hybridized carbons (Fsp3) is 0.333. The lowest BCUT2D eigenvalue weighted by atomic mass is 10.1. The van der Waals surface area contributed by atoms with Gasteiger partial charge in [0, 0.05) is 38.2 Å². The Balaban J connectivity index is 1.49. The van der Waals surface area contributed by atoms with Crippen molar-refractivity contribution >= 4 is 11.8 Å². The Hall–Kier alpha value is -2.96. The summed E-state index contributed by atoms with van der Waals surface area (Å²) in [6, 6.07) is 10.1. The number of ether oxygens (including phenoxy) is 1. The number of hydrogen-bond donors (Lipinski definition) is 0. The quantitative estimate of drug-likeness (QED) is 0.792. The zero-order valence-electron chi connectivity index (χ0n) is 15.7. The number of amides is 2.